The molecule has 1 aromatic carbocycles. The summed E-state index contributed by atoms with van der Waals surface area (Å²) in [6.07, 6.45) is 10.9. The first-order chi connectivity index (χ1) is 13.0. The number of hydrogen-bond donors (Lipinski definition) is 1. The van der Waals surface area contributed by atoms with Crippen LogP contribution in [-0.4, -0.2) is 47.1 Å². The molecule has 0 atom stereocenters. The third-order valence-electron chi connectivity index (χ3n) is 6.64. The standard InChI is InChI=1S/C23H37N3S/c1-17-15-18(2)22(19(3)16-17)24-23(27)26-13-11-21(12-14-26)25(4)20-9-7-5-6-8-10-20/h15-16,20-21H,5-14H2,1-4H3,(H,24,27). The number of anilines is 1. The number of nitrogens with one attached hydrogen (secondary N) is 1. The molecular weight excluding hydrogens is 350 g/mol. The molecule has 0 unspecified atom stereocenters. The summed E-state index contributed by atoms with van der Waals surface area (Å²) in [7, 11) is 2.37. The second kappa shape index (κ2) is 9.38. The van der Waals surface area contributed by atoms with Crippen molar-refractivity contribution in [1.29, 1.82) is 0 Å². The summed E-state index contributed by atoms with van der Waals surface area (Å²) in [5.74, 6) is 0. The van der Waals surface area contributed by atoms with Crippen LogP contribution in [0.15, 0.2) is 12.1 Å². The lowest BCUT2D eigenvalue weighted by molar-refractivity contribution is 0.111. The third-order valence-corrected chi connectivity index (χ3v) is 7.00. The molecule has 1 saturated carbocycles. The molecule has 3 nitrogen and oxygen atoms in total. The van der Waals surface area contributed by atoms with Gasteiger partial charge < -0.3 is 15.1 Å². The predicted molar refractivity (Wildman–Crippen MR) is 121 cm³/mol. The Hall–Kier alpha value is -1.13. The van der Waals surface area contributed by atoms with Crippen molar-refractivity contribution in [3.05, 3.63) is 28.8 Å². The Morgan fingerprint density at radius 3 is 2.00 bits per heavy atom. The van der Waals surface area contributed by atoms with Gasteiger partial charge in [-0.3, -0.25) is 0 Å². The van der Waals surface area contributed by atoms with E-state index in [1.54, 1.807) is 0 Å². The second-order valence-corrected chi connectivity index (χ2v) is 9.12. The Labute approximate surface area is 171 Å². The van der Waals surface area contributed by atoms with Crippen molar-refractivity contribution in [2.24, 2.45) is 0 Å². The monoisotopic (exact) mass is 387 g/mol. The molecule has 0 aromatic heterocycles. The number of benzene rings is 1. The van der Waals surface area contributed by atoms with Crippen molar-refractivity contribution in [3.63, 3.8) is 0 Å². The Morgan fingerprint density at radius 1 is 0.926 bits per heavy atom. The van der Waals surface area contributed by atoms with Crippen LogP contribution in [0.1, 0.15) is 68.1 Å². The smallest absolute Gasteiger partial charge is 0.173 e. The minimum atomic E-state index is 0.718. The predicted octanol–water partition coefficient (Wildman–Crippen LogP) is 5.43. The van der Waals surface area contributed by atoms with Crippen LogP contribution < -0.4 is 5.32 Å². The largest absolute Gasteiger partial charge is 0.349 e. The van der Waals surface area contributed by atoms with E-state index in [1.165, 1.54) is 73.7 Å². The van der Waals surface area contributed by atoms with E-state index in [9.17, 15) is 0 Å². The molecule has 0 bridgehead atoms. The molecule has 4 heteroatoms. The van der Waals surface area contributed by atoms with Crippen molar-refractivity contribution >= 4 is 23.0 Å². The third kappa shape index (κ3) is 5.23. The molecule has 3 rings (SSSR count). The molecule has 0 amide bonds. The van der Waals surface area contributed by atoms with Gasteiger partial charge in [-0.2, -0.15) is 0 Å². The van der Waals surface area contributed by atoms with Gasteiger partial charge in [0.25, 0.3) is 0 Å². The Bertz CT molecular complexity index is 618. The molecule has 1 N–H and O–H groups in total. The van der Waals surface area contributed by atoms with Crippen LogP contribution in [0.5, 0.6) is 0 Å². The van der Waals surface area contributed by atoms with E-state index >= 15 is 0 Å². The molecule has 2 aliphatic rings. The van der Waals surface area contributed by atoms with Gasteiger partial charge in [-0.1, -0.05) is 43.4 Å². The molecule has 27 heavy (non-hydrogen) atoms. The van der Waals surface area contributed by atoms with Gasteiger partial charge >= 0.3 is 0 Å². The average molecular weight is 388 g/mol. The summed E-state index contributed by atoms with van der Waals surface area (Å²) >= 11 is 5.76. The van der Waals surface area contributed by atoms with Crippen LogP contribution in [0.4, 0.5) is 5.69 Å². The molecule has 0 radical (unpaired) electrons. The lowest BCUT2D eigenvalue weighted by atomic mass is 9.99. The van der Waals surface area contributed by atoms with Gasteiger partial charge in [-0.15, -0.1) is 0 Å². The maximum atomic E-state index is 5.76. The number of rotatable bonds is 3. The van der Waals surface area contributed by atoms with E-state index in [-0.39, 0.29) is 0 Å². The molecule has 1 aliphatic heterocycles. The molecular formula is C23H37N3S. The summed E-state index contributed by atoms with van der Waals surface area (Å²) in [4.78, 5) is 5.07. The summed E-state index contributed by atoms with van der Waals surface area (Å²) in [6, 6.07) is 5.97. The lowest BCUT2D eigenvalue weighted by Crippen LogP contribution is -2.49. The van der Waals surface area contributed by atoms with Crippen molar-refractivity contribution in [1.82, 2.24) is 9.80 Å². The zero-order chi connectivity index (χ0) is 19.4. The zero-order valence-electron chi connectivity index (χ0n) is 17.7. The van der Waals surface area contributed by atoms with E-state index in [1.807, 2.05) is 0 Å². The number of thiocarbonyl (C=S) groups is 1. The minimum Gasteiger partial charge on any atom is -0.349 e. The second-order valence-electron chi connectivity index (χ2n) is 8.73. The summed E-state index contributed by atoms with van der Waals surface area (Å²) < 4.78 is 0. The number of aryl methyl sites for hydroxylation is 3. The zero-order valence-corrected chi connectivity index (χ0v) is 18.5. The van der Waals surface area contributed by atoms with E-state index in [4.69, 9.17) is 12.2 Å². The van der Waals surface area contributed by atoms with Gasteiger partial charge in [0.15, 0.2) is 5.11 Å². The summed E-state index contributed by atoms with van der Waals surface area (Å²) in [5.41, 5.74) is 5.04. The highest BCUT2D eigenvalue weighted by molar-refractivity contribution is 7.80. The van der Waals surface area contributed by atoms with Gasteiger partial charge in [-0.05, 0) is 76.8 Å². The quantitative estimate of drug-likeness (QED) is 0.550. The van der Waals surface area contributed by atoms with Crippen LogP contribution >= 0.6 is 12.2 Å². The Balaban J connectivity index is 1.53. The van der Waals surface area contributed by atoms with Crippen LogP contribution in [0.25, 0.3) is 0 Å². The molecule has 1 saturated heterocycles. The highest BCUT2D eigenvalue weighted by Gasteiger charge is 2.28. The molecule has 1 heterocycles. The Kier molecular flexibility index (Phi) is 7.16. The van der Waals surface area contributed by atoms with Crippen LogP contribution in [0.3, 0.4) is 0 Å². The fraction of sp³-hybridized carbons (Fsp3) is 0.696. The fourth-order valence-electron chi connectivity index (χ4n) is 5.00. The van der Waals surface area contributed by atoms with Crippen LogP contribution in [-0.2, 0) is 0 Å². The Morgan fingerprint density at radius 2 is 1.44 bits per heavy atom. The molecule has 0 spiro atoms. The van der Waals surface area contributed by atoms with E-state index < -0.39 is 0 Å². The van der Waals surface area contributed by atoms with E-state index in [0.717, 1.165) is 30.3 Å². The van der Waals surface area contributed by atoms with Crippen molar-refractivity contribution in [2.45, 2.75) is 84.2 Å². The number of hydrogen-bond acceptors (Lipinski definition) is 2. The van der Waals surface area contributed by atoms with Crippen molar-refractivity contribution in [2.75, 3.05) is 25.5 Å². The normalized spacial score (nSPS) is 20.0. The number of nitrogens with zero attached hydrogens (tertiary/aromatic N) is 2. The molecule has 1 aliphatic carbocycles. The van der Waals surface area contributed by atoms with Crippen LogP contribution in [0.2, 0.25) is 0 Å². The van der Waals surface area contributed by atoms with Crippen molar-refractivity contribution < 1.29 is 0 Å². The van der Waals surface area contributed by atoms with Gasteiger partial charge in [0.1, 0.15) is 0 Å². The first-order valence-electron chi connectivity index (χ1n) is 10.8. The SMILES string of the molecule is Cc1cc(C)c(NC(=S)N2CCC(N(C)C3CCCCCC3)CC2)c(C)c1. The van der Waals surface area contributed by atoms with E-state index in [2.05, 4.69) is 55.1 Å². The maximum absolute atomic E-state index is 5.76. The van der Waals surface area contributed by atoms with Crippen molar-refractivity contribution in [3.8, 4) is 0 Å². The molecule has 1 aromatic rings. The van der Waals surface area contributed by atoms with Gasteiger partial charge in [0, 0.05) is 30.9 Å². The summed E-state index contributed by atoms with van der Waals surface area (Å²) in [6.45, 7) is 8.62. The first-order valence-corrected chi connectivity index (χ1v) is 11.2. The highest BCUT2D eigenvalue weighted by Crippen LogP contribution is 2.27. The molecule has 150 valence electrons. The summed E-state index contributed by atoms with van der Waals surface area (Å²) in [5, 5.41) is 4.42. The maximum Gasteiger partial charge on any atom is 0.173 e. The van der Waals surface area contributed by atoms with Crippen LogP contribution in [0, 0.1) is 20.8 Å². The average Bonchev–Trinajstić information content (AvgIpc) is 2.93. The molecule has 2 fully saturated rings. The lowest BCUT2D eigenvalue weighted by Gasteiger charge is -2.41. The topological polar surface area (TPSA) is 18.5 Å². The first kappa shape index (κ1) is 20.6. The number of likely N-dealkylation sites (tertiary alicyclic amines) is 1. The minimum absolute atomic E-state index is 0.718. The van der Waals surface area contributed by atoms with Gasteiger partial charge in [-0.25, -0.2) is 0 Å². The van der Waals surface area contributed by atoms with Gasteiger partial charge in [0.2, 0.25) is 0 Å². The fourth-order valence-corrected chi connectivity index (χ4v) is 5.29. The van der Waals surface area contributed by atoms with E-state index in [0.29, 0.717) is 0 Å². The number of piperidine rings is 1. The highest BCUT2D eigenvalue weighted by atomic mass is 32.1. The van der Waals surface area contributed by atoms with Gasteiger partial charge in [0.05, 0.1) is 0 Å².